The van der Waals surface area contributed by atoms with E-state index in [-0.39, 0.29) is 11.5 Å². The third kappa shape index (κ3) is 2.36. The molecule has 0 spiro atoms. The minimum atomic E-state index is -0.0931. The van der Waals surface area contributed by atoms with Crippen LogP contribution in [0.15, 0.2) is 42.5 Å². The Balaban J connectivity index is 1.98. The molecule has 3 nitrogen and oxygen atoms in total. The van der Waals surface area contributed by atoms with Crippen molar-refractivity contribution in [2.45, 2.75) is 0 Å². The molecule has 0 saturated carbocycles. The zero-order chi connectivity index (χ0) is 14.1. The molecule has 3 rings (SSSR count). The van der Waals surface area contributed by atoms with E-state index in [1.807, 2.05) is 6.08 Å². The summed E-state index contributed by atoms with van der Waals surface area (Å²) in [5, 5.41) is 18.8. The van der Waals surface area contributed by atoms with Gasteiger partial charge in [0.05, 0.1) is 0 Å². The van der Waals surface area contributed by atoms with Gasteiger partial charge in [-0.3, -0.25) is 0 Å². The van der Waals surface area contributed by atoms with Crippen molar-refractivity contribution < 1.29 is 14.8 Å². The maximum atomic E-state index is 9.49. The third-order valence-corrected chi connectivity index (χ3v) is 5.67. The standard InChI is InChI=1S/C16H13NO2Se/c1-17-12-4-2-3-5-15(12)20-16(17)9-7-11-6-8-13(18)14(19)10-11/h2-10,19H,1H3/p+1. The van der Waals surface area contributed by atoms with Gasteiger partial charge < -0.3 is 0 Å². The Kier molecular flexibility index (Phi) is 3.35. The van der Waals surface area contributed by atoms with Crippen LogP contribution in [0.25, 0.3) is 21.9 Å². The quantitative estimate of drug-likeness (QED) is 0.430. The van der Waals surface area contributed by atoms with Gasteiger partial charge in [0.15, 0.2) is 0 Å². The summed E-state index contributed by atoms with van der Waals surface area (Å²) in [7, 11) is 2.07. The van der Waals surface area contributed by atoms with Crippen molar-refractivity contribution in [2.75, 3.05) is 0 Å². The summed E-state index contributed by atoms with van der Waals surface area (Å²) in [5.74, 6) is -0.185. The zero-order valence-corrected chi connectivity index (χ0v) is 12.7. The number of aryl methyl sites for hydroxylation is 1. The molecule has 0 amide bonds. The van der Waals surface area contributed by atoms with Gasteiger partial charge in [-0.1, -0.05) is 0 Å². The van der Waals surface area contributed by atoms with E-state index >= 15 is 0 Å². The minimum absolute atomic E-state index is 0.0919. The number of hydrogen-bond donors (Lipinski definition) is 2. The second-order valence-corrected chi connectivity index (χ2v) is 6.78. The molecule has 0 atom stereocenters. The fourth-order valence-corrected chi connectivity index (χ4v) is 4.29. The van der Waals surface area contributed by atoms with Gasteiger partial charge >= 0.3 is 122 Å². The first-order valence-corrected chi connectivity index (χ1v) is 7.94. The Morgan fingerprint density at radius 3 is 2.55 bits per heavy atom. The van der Waals surface area contributed by atoms with Gasteiger partial charge in [-0.05, 0) is 0 Å². The summed E-state index contributed by atoms with van der Waals surface area (Å²) >= 11 is 0.306. The number of fused-ring (bicyclic) bond motifs is 1. The van der Waals surface area contributed by atoms with Crippen LogP contribution in [0.2, 0.25) is 0 Å². The molecule has 0 bridgehead atoms. The van der Waals surface area contributed by atoms with Crippen molar-refractivity contribution in [3.8, 4) is 11.5 Å². The first-order chi connectivity index (χ1) is 9.65. The van der Waals surface area contributed by atoms with Gasteiger partial charge in [-0.2, -0.15) is 0 Å². The van der Waals surface area contributed by atoms with Gasteiger partial charge in [0.1, 0.15) is 0 Å². The number of nitrogens with zero attached hydrogens (tertiary/aromatic N) is 1. The molecule has 0 radical (unpaired) electrons. The molecule has 0 fully saturated rings. The van der Waals surface area contributed by atoms with Gasteiger partial charge in [0.2, 0.25) is 0 Å². The number of benzene rings is 2. The number of hydrogen-bond acceptors (Lipinski definition) is 2. The van der Waals surface area contributed by atoms with Gasteiger partial charge in [0, 0.05) is 0 Å². The topological polar surface area (TPSA) is 44.3 Å². The number of phenolic OH excluding ortho intramolecular Hbond substituents is 2. The molecule has 2 N–H and O–H groups in total. The number of phenols is 2. The van der Waals surface area contributed by atoms with Crippen molar-refractivity contribution in [3.05, 3.63) is 52.6 Å². The molecule has 100 valence electrons. The number of rotatable bonds is 2. The monoisotopic (exact) mass is 332 g/mol. The SMILES string of the molecule is C[n+]1c(C=Cc2ccc(O)c(O)c2)[se]c2ccccc21. The van der Waals surface area contributed by atoms with Crippen molar-refractivity contribution >= 4 is 36.4 Å². The van der Waals surface area contributed by atoms with E-state index in [1.165, 1.54) is 20.4 Å². The Morgan fingerprint density at radius 2 is 1.80 bits per heavy atom. The van der Waals surface area contributed by atoms with Gasteiger partial charge in [-0.15, -0.1) is 0 Å². The van der Waals surface area contributed by atoms with Crippen LogP contribution < -0.4 is 4.57 Å². The fourth-order valence-electron chi connectivity index (χ4n) is 2.08. The summed E-state index contributed by atoms with van der Waals surface area (Å²) in [4.78, 5) is 0. The summed E-state index contributed by atoms with van der Waals surface area (Å²) < 4.78 is 4.86. The molecule has 0 saturated heterocycles. The summed E-state index contributed by atoms with van der Waals surface area (Å²) in [6, 6.07) is 13.2. The molecule has 3 aromatic rings. The Bertz CT molecular complexity index is 805. The molecule has 1 heterocycles. The van der Waals surface area contributed by atoms with E-state index in [0.717, 1.165) is 5.56 Å². The average molecular weight is 331 g/mol. The number of aromatic hydroxyl groups is 2. The molecule has 0 aliphatic rings. The molecule has 1 aromatic heterocycles. The van der Waals surface area contributed by atoms with Crippen molar-refractivity contribution in [3.63, 3.8) is 0 Å². The maximum absolute atomic E-state index is 9.49. The molecular weight excluding hydrogens is 317 g/mol. The molecule has 2 aromatic carbocycles. The first-order valence-electron chi connectivity index (χ1n) is 6.23. The van der Waals surface area contributed by atoms with E-state index in [1.54, 1.807) is 12.1 Å². The van der Waals surface area contributed by atoms with Gasteiger partial charge in [0.25, 0.3) is 0 Å². The van der Waals surface area contributed by atoms with Crippen molar-refractivity contribution in [1.29, 1.82) is 0 Å². The Morgan fingerprint density at radius 1 is 1.00 bits per heavy atom. The van der Waals surface area contributed by atoms with Gasteiger partial charge in [-0.25, -0.2) is 0 Å². The van der Waals surface area contributed by atoms with Crippen LogP contribution >= 0.6 is 0 Å². The molecule has 0 unspecified atom stereocenters. The summed E-state index contributed by atoms with van der Waals surface area (Å²) in [5.41, 5.74) is 2.13. The van der Waals surface area contributed by atoms with Crippen molar-refractivity contribution in [1.82, 2.24) is 0 Å². The van der Waals surface area contributed by atoms with Crippen LogP contribution in [-0.4, -0.2) is 24.7 Å². The van der Waals surface area contributed by atoms with Crippen molar-refractivity contribution in [2.24, 2.45) is 7.05 Å². The van der Waals surface area contributed by atoms with Crippen LogP contribution in [0.5, 0.6) is 11.5 Å². The molecule has 0 aliphatic carbocycles. The second-order valence-electron chi connectivity index (χ2n) is 4.55. The average Bonchev–Trinajstić information content (AvgIpc) is 2.77. The number of aromatic nitrogens is 1. The van der Waals surface area contributed by atoms with Crippen LogP contribution in [0.4, 0.5) is 0 Å². The predicted molar refractivity (Wildman–Crippen MR) is 80.8 cm³/mol. The fraction of sp³-hybridized carbons (Fsp3) is 0.0625. The second kappa shape index (κ2) is 5.16. The number of para-hydroxylation sites is 1. The molecule has 20 heavy (non-hydrogen) atoms. The molecule has 0 aliphatic heterocycles. The third-order valence-electron chi connectivity index (χ3n) is 3.19. The van der Waals surface area contributed by atoms with E-state index in [9.17, 15) is 10.2 Å². The normalized spacial score (nSPS) is 11.4. The van der Waals surface area contributed by atoms with Crippen LogP contribution in [0.1, 0.15) is 10.1 Å². The van der Waals surface area contributed by atoms with E-state index in [0.29, 0.717) is 14.5 Å². The predicted octanol–water partition coefficient (Wildman–Crippen LogP) is 2.30. The zero-order valence-electron chi connectivity index (χ0n) is 10.9. The summed E-state index contributed by atoms with van der Waals surface area (Å²) in [6.07, 6.45) is 4.03. The van der Waals surface area contributed by atoms with Crippen LogP contribution in [0.3, 0.4) is 0 Å². The first kappa shape index (κ1) is 13.0. The van der Waals surface area contributed by atoms with E-state index in [2.05, 4.69) is 42.0 Å². The Hall–Kier alpha value is -2.03. The Labute approximate surface area is 122 Å². The molecule has 4 heteroatoms. The van der Waals surface area contributed by atoms with E-state index in [4.69, 9.17) is 0 Å². The van der Waals surface area contributed by atoms with Crippen LogP contribution in [-0.2, 0) is 7.05 Å². The summed E-state index contributed by atoms with van der Waals surface area (Å²) in [6.45, 7) is 0. The molecular formula is C16H14NO2Se+. The van der Waals surface area contributed by atoms with Crippen LogP contribution in [0, 0.1) is 0 Å². The van der Waals surface area contributed by atoms with E-state index < -0.39 is 0 Å².